The van der Waals surface area contributed by atoms with Crippen LogP contribution in [-0.2, 0) is 4.74 Å². The van der Waals surface area contributed by atoms with Crippen molar-refractivity contribution in [3.8, 4) is 0 Å². The number of hydrogen-bond acceptors (Lipinski definition) is 3. The zero-order valence-electron chi connectivity index (χ0n) is 17.8. The molecule has 0 aliphatic carbocycles. The van der Waals surface area contributed by atoms with Gasteiger partial charge in [-0.1, -0.05) is 42.5 Å². The molecule has 0 saturated carbocycles. The molecule has 0 radical (unpaired) electrons. The average molecular weight is 437 g/mol. The summed E-state index contributed by atoms with van der Waals surface area (Å²) >= 11 is 0. The lowest BCUT2D eigenvalue weighted by molar-refractivity contribution is 0.0408. The quantitative estimate of drug-likeness (QED) is 0.546. The molecule has 4 rings (SSSR count). The summed E-state index contributed by atoms with van der Waals surface area (Å²) in [6.07, 6.45) is -0.405. The molecule has 32 heavy (non-hydrogen) atoms. The first-order valence-electron chi connectivity index (χ1n) is 10.8. The molecule has 1 aliphatic rings. The van der Waals surface area contributed by atoms with Gasteiger partial charge in [0.05, 0.1) is 6.61 Å². The van der Waals surface area contributed by atoms with Crippen molar-refractivity contribution in [2.75, 3.05) is 39.3 Å². The summed E-state index contributed by atoms with van der Waals surface area (Å²) in [5, 5.41) is 0. The normalized spacial score (nSPS) is 14.7. The molecular formula is C26H26F2N2O2. The van der Waals surface area contributed by atoms with E-state index in [1.807, 2.05) is 35.2 Å². The number of hydrogen-bond donors (Lipinski definition) is 0. The van der Waals surface area contributed by atoms with E-state index < -0.39 is 6.10 Å². The van der Waals surface area contributed by atoms with Gasteiger partial charge < -0.3 is 9.64 Å². The molecule has 1 fully saturated rings. The van der Waals surface area contributed by atoms with Crippen molar-refractivity contribution in [2.24, 2.45) is 0 Å². The summed E-state index contributed by atoms with van der Waals surface area (Å²) in [5.41, 5.74) is 2.35. The minimum absolute atomic E-state index is 0.0641. The highest BCUT2D eigenvalue weighted by atomic mass is 19.1. The highest BCUT2D eigenvalue weighted by Gasteiger charge is 2.22. The Bertz CT molecular complexity index is 957. The van der Waals surface area contributed by atoms with Gasteiger partial charge in [-0.25, -0.2) is 8.78 Å². The van der Waals surface area contributed by atoms with E-state index in [4.69, 9.17) is 4.74 Å². The van der Waals surface area contributed by atoms with Gasteiger partial charge in [-0.05, 0) is 47.5 Å². The molecule has 3 aromatic carbocycles. The van der Waals surface area contributed by atoms with Crippen LogP contribution in [0.25, 0.3) is 0 Å². The first-order valence-corrected chi connectivity index (χ1v) is 10.8. The summed E-state index contributed by atoms with van der Waals surface area (Å²) in [5.74, 6) is -0.557. The van der Waals surface area contributed by atoms with Gasteiger partial charge >= 0.3 is 0 Å². The highest BCUT2D eigenvalue weighted by Crippen LogP contribution is 2.26. The second-order valence-electron chi connectivity index (χ2n) is 7.85. The highest BCUT2D eigenvalue weighted by molar-refractivity contribution is 5.94. The Labute approximate surface area is 187 Å². The fraction of sp³-hybridized carbons (Fsp3) is 0.269. The predicted octanol–water partition coefficient (Wildman–Crippen LogP) is 4.53. The number of carbonyl (C=O) groups excluding carboxylic acids is 1. The third kappa shape index (κ3) is 5.58. The van der Waals surface area contributed by atoms with Crippen LogP contribution in [0.1, 0.15) is 27.6 Å². The number of ether oxygens (including phenoxy) is 1. The van der Waals surface area contributed by atoms with Crippen molar-refractivity contribution in [3.05, 3.63) is 107 Å². The molecule has 1 aliphatic heterocycles. The molecule has 0 bridgehead atoms. The Balaban J connectivity index is 1.32. The zero-order valence-corrected chi connectivity index (χ0v) is 17.8. The van der Waals surface area contributed by atoms with Crippen LogP contribution >= 0.6 is 0 Å². The summed E-state index contributed by atoms with van der Waals surface area (Å²) in [6, 6.07) is 21.7. The minimum Gasteiger partial charge on any atom is -0.367 e. The summed E-state index contributed by atoms with van der Waals surface area (Å²) in [7, 11) is 0. The van der Waals surface area contributed by atoms with E-state index in [0.29, 0.717) is 31.8 Å². The van der Waals surface area contributed by atoms with Crippen LogP contribution in [0.15, 0.2) is 78.9 Å². The second-order valence-corrected chi connectivity index (χ2v) is 7.85. The van der Waals surface area contributed by atoms with E-state index >= 15 is 0 Å². The molecule has 1 heterocycles. The van der Waals surface area contributed by atoms with Gasteiger partial charge in [-0.15, -0.1) is 0 Å². The van der Waals surface area contributed by atoms with Crippen LogP contribution in [0.2, 0.25) is 0 Å². The van der Waals surface area contributed by atoms with Gasteiger partial charge in [0.2, 0.25) is 0 Å². The van der Waals surface area contributed by atoms with Crippen LogP contribution in [0.4, 0.5) is 8.78 Å². The minimum atomic E-state index is -0.405. The molecule has 0 aromatic heterocycles. The molecule has 1 amide bonds. The smallest absolute Gasteiger partial charge is 0.253 e. The average Bonchev–Trinajstić information content (AvgIpc) is 2.84. The Hall–Kier alpha value is -3.09. The third-order valence-electron chi connectivity index (χ3n) is 5.72. The second kappa shape index (κ2) is 10.5. The van der Waals surface area contributed by atoms with E-state index in [1.165, 1.54) is 24.3 Å². The van der Waals surface area contributed by atoms with Crippen LogP contribution in [0.5, 0.6) is 0 Å². The fourth-order valence-electron chi connectivity index (χ4n) is 3.90. The predicted molar refractivity (Wildman–Crippen MR) is 119 cm³/mol. The lowest BCUT2D eigenvalue weighted by Gasteiger charge is -2.35. The molecule has 6 heteroatoms. The van der Waals surface area contributed by atoms with Crippen LogP contribution in [0, 0.1) is 11.6 Å². The van der Waals surface area contributed by atoms with Crippen molar-refractivity contribution in [1.82, 2.24) is 9.80 Å². The van der Waals surface area contributed by atoms with Gasteiger partial charge in [0.15, 0.2) is 0 Å². The van der Waals surface area contributed by atoms with Crippen LogP contribution in [-0.4, -0.2) is 55.0 Å². The molecule has 0 atom stereocenters. The maximum Gasteiger partial charge on any atom is 0.253 e. The molecule has 0 spiro atoms. The molecule has 3 aromatic rings. The van der Waals surface area contributed by atoms with Crippen molar-refractivity contribution in [3.63, 3.8) is 0 Å². The first-order chi connectivity index (χ1) is 15.6. The standard InChI is InChI=1S/C26H26F2N2O2/c27-23-10-6-20(7-11-23)25(21-8-12-24(28)13-9-21)32-19-18-29-14-16-30(17-15-29)26(31)22-4-2-1-3-5-22/h1-13,25H,14-19H2. The van der Waals surface area contributed by atoms with Gasteiger partial charge in [-0.2, -0.15) is 0 Å². The zero-order chi connectivity index (χ0) is 22.3. The number of piperazine rings is 1. The number of carbonyl (C=O) groups is 1. The Kier molecular flexibility index (Phi) is 7.24. The van der Waals surface area contributed by atoms with Crippen LogP contribution in [0.3, 0.4) is 0 Å². The van der Waals surface area contributed by atoms with Gasteiger partial charge in [0.25, 0.3) is 5.91 Å². The Morgan fingerprint density at radius 3 is 1.84 bits per heavy atom. The SMILES string of the molecule is O=C(c1ccccc1)N1CCN(CCOC(c2ccc(F)cc2)c2ccc(F)cc2)CC1. The maximum absolute atomic E-state index is 13.4. The van der Waals surface area contributed by atoms with Crippen molar-refractivity contribution < 1.29 is 18.3 Å². The van der Waals surface area contributed by atoms with Gasteiger partial charge in [0, 0.05) is 38.3 Å². The largest absolute Gasteiger partial charge is 0.367 e. The van der Waals surface area contributed by atoms with E-state index in [0.717, 1.165) is 24.2 Å². The van der Waals surface area contributed by atoms with E-state index in [9.17, 15) is 13.6 Å². The molecule has 1 saturated heterocycles. The van der Waals surface area contributed by atoms with Crippen LogP contribution < -0.4 is 0 Å². The molecule has 0 unspecified atom stereocenters. The van der Waals surface area contributed by atoms with E-state index in [1.54, 1.807) is 24.3 Å². The van der Waals surface area contributed by atoms with E-state index in [2.05, 4.69) is 4.90 Å². The first kappa shape index (κ1) is 22.1. The summed E-state index contributed by atoms with van der Waals surface area (Å²) < 4.78 is 32.9. The third-order valence-corrected chi connectivity index (χ3v) is 5.72. The number of benzene rings is 3. The summed E-state index contributed by atoms with van der Waals surface area (Å²) in [4.78, 5) is 16.7. The van der Waals surface area contributed by atoms with Crippen molar-refractivity contribution in [1.29, 1.82) is 0 Å². The molecule has 4 nitrogen and oxygen atoms in total. The maximum atomic E-state index is 13.4. The lowest BCUT2D eigenvalue weighted by atomic mass is 10.0. The number of nitrogens with zero attached hydrogens (tertiary/aromatic N) is 2. The van der Waals surface area contributed by atoms with Gasteiger partial charge in [-0.3, -0.25) is 9.69 Å². The molecule has 0 N–H and O–H groups in total. The Morgan fingerprint density at radius 2 is 1.31 bits per heavy atom. The number of halogens is 2. The van der Waals surface area contributed by atoms with Gasteiger partial charge in [0.1, 0.15) is 17.7 Å². The number of amides is 1. The fourth-order valence-corrected chi connectivity index (χ4v) is 3.90. The summed E-state index contributed by atoms with van der Waals surface area (Å²) in [6.45, 7) is 4.08. The Morgan fingerprint density at radius 1 is 0.781 bits per heavy atom. The molecule has 166 valence electrons. The molecular weight excluding hydrogens is 410 g/mol. The van der Waals surface area contributed by atoms with Crippen molar-refractivity contribution >= 4 is 5.91 Å². The number of rotatable bonds is 7. The van der Waals surface area contributed by atoms with E-state index in [-0.39, 0.29) is 17.5 Å². The monoisotopic (exact) mass is 436 g/mol. The topological polar surface area (TPSA) is 32.8 Å². The lowest BCUT2D eigenvalue weighted by Crippen LogP contribution is -2.49. The van der Waals surface area contributed by atoms with Crippen molar-refractivity contribution in [2.45, 2.75) is 6.10 Å².